The van der Waals surface area contributed by atoms with Crippen molar-refractivity contribution >= 4 is 11.7 Å². The average Bonchev–Trinajstić information content (AvgIpc) is 2.98. The van der Waals surface area contributed by atoms with E-state index >= 15 is 0 Å². The second-order valence-electron chi connectivity index (χ2n) is 5.16. The fourth-order valence-electron chi connectivity index (χ4n) is 2.10. The molecule has 2 aromatic rings. The van der Waals surface area contributed by atoms with Gasteiger partial charge < -0.3 is 19.4 Å². The first-order chi connectivity index (χ1) is 11.5. The summed E-state index contributed by atoms with van der Waals surface area (Å²) in [5.74, 6) is 0.780. The first-order valence-electron chi connectivity index (χ1n) is 7.33. The number of furan rings is 1. The van der Waals surface area contributed by atoms with Gasteiger partial charge in [-0.15, -0.1) is 0 Å². The molecule has 0 spiro atoms. The van der Waals surface area contributed by atoms with E-state index < -0.39 is 11.8 Å². The van der Waals surface area contributed by atoms with Crippen LogP contribution in [0.3, 0.4) is 0 Å². The summed E-state index contributed by atoms with van der Waals surface area (Å²) in [4.78, 5) is 14.0. The number of amides is 2. The summed E-state index contributed by atoms with van der Waals surface area (Å²) in [6.07, 6.45) is 0. The molecule has 0 bridgehead atoms. The van der Waals surface area contributed by atoms with Crippen LogP contribution in [-0.2, 0) is 11.3 Å². The van der Waals surface area contributed by atoms with E-state index in [4.69, 9.17) is 14.4 Å². The number of hydrogen-bond acceptors (Lipinski definition) is 4. The van der Waals surface area contributed by atoms with Crippen molar-refractivity contribution in [3.8, 4) is 6.07 Å². The van der Waals surface area contributed by atoms with Crippen molar-refractivity contribution in [2.75, 3.05) is 25.6 Å². The maximum absolute atomic E-state index is 13.3. The van der Waals surface area contributed by atoms with Gasteiger partial charge >= 0.3 is 6.03 Å². The Hall–Kier alpha value is -2.85. The van der Waals surface area contributed by atoms with Crippen LogP contribution in [0, 0.1) is 24.1 Å². The zero-order valence-corrected chi connectivity index (χ0v) is 13.5. The van der Waals surface area contributed by atoms with E-state index in [-0.39, 0.29) is 12.1 Å². The molecule has 0 unspecified atom stereocenters. The summed E-state index contributed by atoms with van der Waals surface area (Å²) in [7, 11) is 1.55. The van der Waals surface area contributed by atoms with Crippen molar-refractivity contribution in [2.45, 2.75) is 13.5 Å². The quantitative estimate of drug-likeness (QED) is 0.881. The van der Waals surface area contributed by atoms with Gasteiger partial charge in [-0.1, -0.05) is 0 Å². The number of urea groups is 1. The van der Waals surface area contributed by atoms with Crippen molar-refractivity contribution in [3.05, 3.63) is 53.2 Å². The molecule has 1 N–H and O–H groups in total. The smallest absolute Gasteiger partial charge is 0.322 e. The normalized spacial score (nSPS) is 10.2. The Morgan fingerprint density at radius 3 is 2.83 bits per heavy atom. The number of carbonyl (C=O) groups is 1. The van der Waals surface area contributed by atoms with Crippen LogP contribution in [0.2, 0.25) is 0 Å². The molecule has 6 nitrogen and oxygen atoms in total. The highest BCUT2D eigenvalue weighted by Crippen LogP contribution is 2.16. The number of anilines is 1. The predicted molar refractivity (Wildman–Crippen MR) is 85.9 cm³/mol. The second kappa shape index (κ2) is 8.13. The summed E-state index contributed by atoms with van der Waals surface area (Å²) in [6, 6.07) is 8.80. The summed E-state index contributed by atoms with van der Waals surface area (Å²) in [6.45, 7) is 2.81. The van der Waals surface area contributed by atoms with E-state index in [9.17, 15) is 9.18 Å². The molecule has 1 heterocycles. The third-order valence-corrected chi connectivity index (χ3v) is 3.33. The molecule has 0 atom stereocenters. The van der Waals surface area contributed by atoms with E-state index in [1.165, 1.54) is 17.0 Å². The van der Waals surface area contributed by atoms with Gasteiger partial charge in [0.1, 0.15) is 23.4 Å². The lowest BCUT2D eigenvalue weighted by Crippen LogP contribution is -2.36. The number of rotatable bonds is 6. The van der Waals surface area contributed by atoms with E-state index in [0.717, 1.165) is 11.8 Å². The molecule has 1 aromatic carbocycles. The fraction of sp³-hybridized carbons (Fsp3) is 0.294. The van der Waals surface area contributed by atoms with E-state index in [0.29, 0.717) is 24.6 Å². The molecule has 24 heavy (non-hydrogen) atoms. The monoisotopic (exact) mass is 331 g/mol. The highest BCUT2D eigenvalue weighted by molar-refractivity contribution is 5.89. The molecule has 126 valence electrons. The Kier molecular flexibility index (Phi) is 5.93. The number of benzene rings is 1. The van der Waals surface area contributed by atoms with Crippen LogP contribution in [0.25, 0.3) is 0 Å². The largest absolute Gasteiger partial charge is 0.464 e. The summed E-state index contributed by atoms with van der Waals surface area (Å²) < 4.78 is 23.9. The molecular weight excluding hydrogens is 313 g/mol. The molecule has 7 heteroatoms. The SMILES string of the molecule is COCCN(Cc1ccc(C)o1)C(=O)Nc1ccc(F)c(C#N)c1. The maximum atomic E-state index is 13.3. The Balaban J connectivity index is 2.10. The second-order valence-corrected chi connectivity index (χ2v) is 5.16. The van der Waals surface area contributed by atoms with E-state index in [1.807, 2.05) is 13.0 Å². The third-order valence-electron chi connectivity index (χ3n) is 3.33. The Bertz CT molecular complexity index is 752. The van der Waals surface area contributed by atoms with Gasteiger partial charge in [0.25, 0.3) is 0 Å². The summed E-state index contributed by atoms with van der Waals surface area (Å²) in [5, 5.41) is 11.5. The number of methoxy groups -OCH3 is 1. The van der Waals surface area contributed by atoms with Crippen molar-refractivity contribution in [1.82, 2.24) is 4.90 Å². The average molecular weight is 331 g/mol. The molecule has 0 aliphatic rings. The van der Waals surface area contributed by atoms with Crippen molar-refractivity contribution in [3.63, 3.8) is 0 Å². The lowest BCUT2D eigenvalue weighted by molar-refractivity contribution is 0.149. The third kappa shape index (κ3) is 4.57. The number of hydrogen-bond donors (Lipinski definition) is 1. The van der Waals surface area contributed by atoms with Gasteiger partial charge in [0, 0.05) is 19.3 Å². The van der Waals surface area contributed by atoms with Crippen LogP contribution >= 0.6 is 0 Å². The Morgan fingerprint density at radius 1 is 1.42 bits per heavy atom. The topological polar surface area (TPSA) is 78.5 Å². The van der Waals surface area contributed by atoms with Crippen molar-refractivity contribution < 1.29 is 18.3 Å². The zero-order valence-electron chi connectivity index (χ0n) is 13.5. The summed E-state index contributed by atoms with van der Waals surface area (Å²) in [5.41, 5.74) is 0.217. The molecule has 0 aliphatic carbocycles. The molecule has 2 rings (SSSR count). The van der Waals surface area contributed by atoms with Crippen LogP contribution in [0.15, 0.2) is 34.7 Å². The molecule has 2 amide bonds. The van der Waals surface area contributed by atoms with Gasteiger partial charge in [0.15, 0.2) is 0 Å². The minimum atomic E-state index is -0.627. The van der Waals surface area contributed by atoms with E-state index in [2.05, 4.69) is 5.32 Å². The molecule has 0 saturated heterocycles. The molecular formula is C17H18FN3O3. The highest BCUT2D eigenvalue weighted by Gasteiger charge is 2.16. The van der Waals surface area contributed by atoms with Crippen LogP contribution in [0.1, 0.15) is 17.1 Å². The number of carbonyl (C=O) groups excluding carboxylic acids is 1. The zero-order chi connectivity index (χ0) is 17.5. The minimum absolute atomic E-state index is 0.127. The summed E-state index contributed by atoms with van der Waals surface area (Å²) >= 11 is 0. The maximum Gasteiger partial charge on any atom is 0.322 e. The molecule has 0 aliphatic heterocycles. The van der Waals surface area contributed by atoms with Gasteiger partial charge in [-0.2, -0.15) is 5.26 Å². The number of nitrogens with one attached hydrogen (secondary N) is 1. The van der Waals surface area contributed by atoms with Gasteiger partial charge in [-0.05, 0) is 37.3 Å². The van der Waals surface area contributed by atoms with Crippen LogP contribution < -0.4 is 5.32 Å². The molecule has 0 radical (unpaired) electrons. The fourth-order valence-corrected chi connectivity index (χ4v) is 2.10. The number of ether oxygens (including phenoxy) is 1. The van der Waals surface area contributed by atoms with Crippen LogP contribution in [0.4, 0.5) is 14.9 Å². The van der Waals surface area contributed by atoms with Crippen LogP contribution in [0.5, 0.6) is 0 Å². The number of aryl methyl sites for hydroxylation is 1. The van der Waals surface area contributed by atoms with Gasteiger partial charge in [0.05, 0.1) is 18.7 Å². The first kappa shape index (κ1) is 17.5. The molecule has 0 saturated carbocycles. The lowest BCUT2D eigenvalue weighted by atomic mass is 10.2. The van der Waals surface area contributed by atoms with Gasteiger partial charge in [0.2, 0.25) is 0 Å². The van der Waals surface area contributed by atoms with Crippen molar-refractivity contribution in [2.24, 2.45) is 0 Å². The van der Waals surface area contributed by atoms with Crippen LogP contribution in [-0.4, -0.2) is 31.2 Å². The first-order valence-corrected chi connectivity index (χ1v) is 7.33. The number of halogens is 1. The van der Waals surface area contributed by atoms with E-state index in [1.54, 1.807) is 19.2 Å². The highest BCUT2D eigenvalue weighted by atomic mass is 19.1. The lowest BCUT2D eigenvalue weighted by Gasteiger charge is -2.22. The van der Waals surface area contributed by atoms with Crippen molar-refractivity contribution in [1.29, 1.82) is 5.26 Å². The Morgan fingerprint density at radius 2 is 2.21 bits per heavy atom. The molecule has 0 fully saturated rings. The number of nitriles is 1. The van der Waals surface area contributed by atoms with Gasteiger partial charge in [-0.3, -0.25) is 0 Å². The van der Waals surface area contributed by atoms with Gasteiger partial charge in [-0.25, -0.2) is 9.18 Å². The molecule has 1 aromatic heterocycles. The standard InChI is InChI=1S/C17H18FN3O3/c1-12-3-5-15(24-12)11-21(7-8-23-2)17(22)20-14-4-6-16(18)13(9-14)10-19/h3-6,9H,7-8,11H2,1-2H3,(H,20,22). The predicted octanol–water partition coefficient (Wildman–Crippen LogP) is 3.28. The number of nitrogens with zero attached hydrogens (tertiary/aromatic N) is 2. The minimum Gasteiger partial charge on any atom is -0.464 e. The Labute approximate surface area is 139 Å².